The predicted octanol–water partition coefficient (Wildman–Crippen LogP) is 3.14. The number of nitrogens with one attached hydrogen (secondary N) is 1. The Morgan fingerprint density at radius 1 is 1.37 bits per heavy atom. The number of hydrogen-bond acceptors (Lipinski definition) is 2. The van der Waals surface area contributed by atoms with Crippen molar-refractivity contribution >= 4 is 5.91 Å². The third kappa shape index (κ3) is 3.25. The molecule has 0 aliphatic heterocycles. The highest BCUT2D eigenvalue weighted by Gasteiger charge is 2.23. The Balaban J connectivity index is 2.05. The van der Waals surface area contributed by atoms with Crippen LogP contribution in [-0.2, 0) is 0 Å². The molecule has 1 aromatic rings. The average molecular weight is 265 g/mol. The Morgan fingerprint density at radius 3 is 2.74 bits per heavy atom. The molecule has 0 saturated heterocycles. The van der Waals surface area contributed by atoms with Gasteiger partial charge in [0.1, 0.15) is 0 Å². The van der Waals surface area contributed by atoms with Crippen LogP contribution in [0.25, 0.3) is 0 Å². The maximum Gasteiger partial charge on any atom is 0.251 e. The molecule has 104 valence electrons. The molecule has 1 N–H and O–H groups in total. The van der Waals surface area contributed by atoms with E-state index in [9.17, 15) is 9.18 Å². The molecule has 0 aromatic heterocycles. The van der Waals surface area contributed by atoms with E-state index < -0.39 is 5.82 Å². The number of carbonyl (C=O) groups is 1. The summed E-state index contributed by atoms with van der Waals surface area (Å²) < 4.78 is 18.4. The van der Waals surface area contributed by atoms with Gasteiger partial charge in [-0.3, -0.25) is 4.79 Å². The molecule has 1 aromatic carbocycles. The molecule has 19 heavy (non-hydrogen) atoms. The second-order valence-electron chi connectivity index (χ2n) is 5.19. The van der Waals surface area contributed by atoms with Crippen LogP contribution in [0.1, 0.15) is 43.0 Å². The van der Waals surface area contributed by atoms with Crippen LogP contribution >= 0.6 is 0 Å². The number of rotatable bonds is 3. The van der Waals surface area contributed by atoms with Gasteiger partial charge in [0.2, 0.25) is 0 Å². The van der Waals surface area contributed by atoms with Gasteiger partial charge in [0.15, 0.2) is 11.6 Å². The highest BCUT2D eigenvalue weighted by molar-refractivity contribution is 5.94. The fourth-order valence-corrected chi connectivity index (χ4v) is 2.59. The zero-order chi connectivity index (χ0) is 13.8. The van der Waals surface area contributed by atoms with E-state index in [1.54, 1.807) is 6.07 Å². The lowest BCUT2D eigenvalue weighted by Crippen LogP contribution is -2.41. The largest absolute Gasteiger partial charge is 0.494 e. The van der Waals surface area contributed by atoms with Gasteiger partial charge in [0.25, 0.3) is 5.91 Å². The SMILES string of the molecule is COc1ccc(C(=O)N[C@@H]2CCCC[C@H]2C)cc1F. The van der Waals surface area contributed by atoms with Crippen molar-refractivity contribution in [2.75, 3.05) is 7.11 Å². The van der Waals surface area contributed by atoms with Gasteiger partial charge >= 0.3 is 0 Å². The molecule has 2 rings (SSSR count). The van der Waals surface area contributed by atoms with E-state index in [0.717, 1.165) is 19.3 Å². The molecular weight excluding hydrogens is 245 g/mol. The zero-order valence-corrected chi connectivity index (χ0v) is 11.4. The van der Waals surface area contributed by atoms with Crippen molar-refractivity contribution < 1.29 is 13.9 Å². The molecule has 0 bridgehead atoms. The van der Waals surface area contributed by atoms with E-state index >= 15 is 0 Å². The van der Waals surface area contributed by atoms with Crippen LogP contribution in [0, 0.1) is 11.7 Å². The minimum atomic E-state index is -0.508. The average Bonchev–Trinajstić information content (AvgIpc) is 2.41. The van der Waals surface area contributed by atoms with E-state index in [4.69, 9.17) is 4.74 Å². The quantitative estimate of drug-likeness (QED) is 0.911. The lowest BCUT2D eigenvalue weighted by molar-refractivity contribution is 0.0909. The summed E-state index contributed by atoms with van der Waals surface area (Å²) in [5.41, 5.74) is 0.344. The van der Waals surface area contributed by atoms with E-state index in [0.29, 0.717) is 11.5 Å². The lowest BCUT2D eigenvalue weighted by atomic mass is 9.86. The summed E-state index contributed by atoms with van der Waals surface area (Å²) in [5.74, 6) is -0.0736. The normalized spacial score (nSPS) is 22.9. The molecule has 0 radical (unpaired) electrons. The first-order valence-electron chi connectivity index (χ1n) is 6.76. The van der Waals surface area contributed by atoms with Crippen molar-refractivity contribution in [1.29, 1.82) is 0 Å². The summed E-state index contributed by atoms with van der Waals surface area (Å²) in [6.07, 6.45) is 4.52. The van der Waals surface area contributed by atoms with Crippen LogP contribution in [0.5, 0.6) is 5.75 Å². The van der Waals surface area contributed by atoms with Gasteiger partial charge < -0.3 is 10.1 Å². The number of halogens is 1. The molecule has 1 aliphatic rings. The molecule has 1 aliphatic carbocycles. The maximum atomic E-state index is 13.6. The molecule has 1 amide bonds. The topological polar surface area (TPSA) is 38.3 Å². The predicted molar refractivity (Wildman–Crippen MR) is 71.8 cm³/mol. The fourth-order valence-electron chi connectivity index (χ4n) is 2.59. The van der Waals surface area contributed by atoms with Gasteiger partial charge in [0, 0.05) is 11.6 Å². The Kier molecular flexibility index (Phi) is 4.40. The minimum absolute atomic E-state index is 0.155. The summed E-state index contributed by atoms with van der Waals surface area (Å²) >= 11 is 0. The number of ether oxygens (including phenoxy) is 1. The van der Waals surface area contributed by atoms with Crippen LogP contribution in [0.4, 0.5) is 4.39 Å². The molecule has 0 unspecified atom stereocenters. The molecule has 1 fully saturated rings. The van der Waals surface area contributed by atoms with Gasteiger partial charge in [-0.2, -0.15) is 0 Å². The summed E-state index contributed by atoms with van der Waals surface area (Å²) in [4.78, 5) is 12.1. The molecule has 0 heterocycles. The Labute approximate surface area is 113 Å². The summed E-state index contributed by atoms with van der Waals surface area (Å²) in [6, 6.07) is 4.49. The number of methoxy groups -OCH3 is 1. The smallest absolute Gasteiger partial charge is 0.251 e. The third-order valence-corrected chi connectivity index (χ3v) is 3.84. The van der Waals surface area contributed by atoms with Crippen molar-refractivity contribution in [3.63, 3.8) is 0 Å². The number of benzene rings is 1. The van der Waals surface area contributed by atoms with Crippen LogP contribution in [-0.4, -0.2) is 19.1 Å². The molecular formula is C15H20FNO2. The van der Waals surface area contributed by atoms with Gasteiger partial charge in [-0.1, -0.05) is 19.8 Å². The van der Waals surface area contributed by atoms with Crippen LogP contribution in [0.2, 0.25) is 0 Å². The summed E-state index contributed by atoms with van der Waals surface area (Å²) in [7, 11) is 1.40. The van der Waals surface area contributed by atoms with Crippen molar-refractivity contribution in [3.8, 4) is 5.75 Å². The number of hydrogen-bond donors (Lipinski definition) is 1. The van der Waals surface area contributed by atoms with Crippen LogP contribution in [0.15, 0.2) is 18.2 Å². The van der Waals surface area contributed by atoms with Gasteiger partial charge in [0.05, 0.1) is 7.11 Å². The maximum absolute atomic E-state index is 13.6. The van der Waals surface area contributed by atoms with E-state index in [1.165, 1.54) is 25.7 Å². The van der Waals surface area contributed by atoms with Gasteiger partial charge in [-0.05, 0) is 37.0 Å². The Hall–Kier alpha value is -1.58. The monoisotopic (exact) mass is 265 g/mol. The number of carbonyl (C=O) groups excluding carboxylic acids is 1. The molecule has 2 atom stereocenters. The van der Waals surface area contributed by atoms with Crippen LogP contribution < -0.4 is 10.1 Å². The first kappa shape index (κ1) is 13.8. The standard InChI is InChI=1S/C15H20FNO2/c1-10-5-3-4-6-13(10)17-15(18)11-7-8-14(19-2)12(16)9-11/h7-10,13H,3-6H2,1-2H3,(H,17,18)/t10-,13-/m1/s1. The highest BCUT2D eigenvalue weighted by atomic mass is 19.1. The first-order valence-corrected chi connectivity index (χ1v) is 6.76. The van der Waals surface area contributed by atoms with Crippen molar-refractivity contribution in [3.05, 3.63) is 29.6 Å². The second kappa shape index (κ2) is 6.04. The van der Waals surface area contributed by atoms with Gasteiger partial charge in [-0.15, -0.1) is 0 Å². The minimum Gasteiger partial charge on any atom is -0.494 e. The second-order valence-corrected chi connectivity index (χ2v) is 5.19. The molecule has 1 saturated carbocycles. The highest BCUT2D eigenvalue weighted by Crippen LogP contribution is 2.24. The third-order valence-electron chi connectivity index (χ3n) is 3.84. The van der Waals surface area contributed by atoms with E-state index in [-0.39, 0.29) is 17.7 Å². The Bertz CT molecular complexity index is 461. The fraction of sp³-hybridized carbons (Fsp3) is 0.533. The van der Waals surface area contributed by atoms with Gasteiger partial charge in [-0.25, -0.2) is 4.39 Å². The summed E-state index contributed by atoms with van der Waals surface area (Å²) in [5, 5.41) is 3.00. The van der Waals surface area contributed by atoms with Crippen molar-refractivity contribution in [1.82, 2.24) is 5.32 Å². The molecule has 4 heteroatoms. The zero-order valence-electron chi connectivity index (χ0n) is 11.4. The van der Waals surface area contributed by atoms with E-state index in [1.807, 2.05) is 0 Å². The Morgan fingerprint density at radius 2 is 2.11 bits per heavy atom. The molecule has 0 spiro atoms. The van der Waals surface area contributed by atoms with E-state index in [2.05, 4.69) is 12.2 Å². The summed E-state index contributed by atoms with van der Waals surface area (Å²) in [6.45, 7) is 2.15. The molecule has 3 nitrogen and oxygen atoms in total. The van der Waals surface area contributed by atoms with Crippen molar-refractivity contribution in [2.45, 2.75) is 38.6 Å². The lowest BCUT2D eigenvalue weighted by Gasteiger charge is -2.29. The number of amides is 1. The van der Waals surface area contributed by atoms with Crippen molar-refractivity contribution in [2.24, 2.45) is 5.92 Å². The first-order chi connectivity index (χ1) is 9.11. The van der Waals surface area contributed by atoms with Crippen LogP contribution in [0.3, 0.4) is 0 Å².